The van der Waals surface area contributed by atoms with E-state index >= 15 is 0 Å². The lowest BCUT2D eigenvalue weighted by Crippen LogP contribution is -2.44. The normalized spacial score (nSPS) is 16.3. The predicted octanol–water partition coefficient (Wildman–Crippen LogP) is 2.51. The molecule has 2 atom stereocenters. The Kier molecular flexibility index (Phi) is 12.1. The maximum Gasteiger partial charge on any atom is 0.335 e. The van der Waals surface area contributed by atoms with E-state index in [0.29, 0.717) is 11.1 Å². The van der Waals surface area contributed by atoms with E-state index in [1.165, 1.54) is 0 Å². The molecule has 5 N–H and O–H groups in total. The molecule has 0 unspecified atom stereocenters. The van der Waals surface area contributed by atoms with Gasteiger partial charge in [0, 0.05) is 49.4 Å². The average Bonchev–Trinajstić information content (AvgIpc) is 2.77. The molecule has 184 valence electrons. The summed E-state index contributed by atoms with van der Waals surface area (Å²) in [6, 6.07) is 6.26. The van der Waals surface area contributed by atoms with E-state index in [1.807, 2.05) is 32.0 Å². The van der Waals surface area contributed by atoms with Crippen molar-refractivity contribution in [3.63, 3.8) is 0 Å². The Balaban J connectivity index is 0.000000461. The molecule has 1 aromatic carbocycles. The van der Waals surface area contributed by atoms with Gasteiger partial charge in [-0.15, -0.1) is 0 Å². The van der Waals surface area contributed by atoms with E-state index in [2.05, 4.69) is 15.1 Å². The molecule has 0 bridgehead atoms. The molecule has 0 radical (unpaired) electrons. The predicted molar refractivity (Wildman–Crippen MR) is 125 cm³/mol. The number of piperidine rings is 1. The van der Waals surface area contributed by atoms with Gasteiger partial charge >= 0.3 is 11.9 Å². The average molecular weight is 504 g/mol. The van der Waals surface area contributed by atoms with Crippen molar-refractivity contribution >= 4 is 35.1 Å². The number of hydrogen-bond donors (Lipinski definition) is 5. The minimum Gasteiger partial charge on any atom is -0.479 e. The van der Waals surface area contributed by atoms with E-state index in [-0.39, 0.29) is 5.54 Å². The largest absolute Gasteiger partial charge is 0.479 e. The second-order valence-electron chi connectivity index (χ2n) is 8.43. The van der Waals surface area contributed by atoms with Crippen LogP contribution < -0.4 is 5.32 Å². The zero-order chi connectivity index (χ0) is 25.2. The molecule has 1 saturated heterocycles. The van der Waals surface area contributed by atoms with Gasteiger partial charge in [-0.1, -0.05) is 29.3 Å². The first-order valence-corrected chi connectivity index (χ1v) is 11.2. The molecule has 1 aliphatic rings. The number of aliphatic hydroxyl groups is 2. The summed E-state index contributed by atoms with van der Waals surface area (Å²) in [5, 5.41) is 37.3. The summed E-state index contributed by atoms with van der Waals surface area (Å²) in [6.45, 7) is 15.2. The van der Waals surface area contributed by atoms with E-state index in [0.717, 1.165) is 56.0 Å². The molecule has 0 amide bonds. The summed E-state index contributed by atoms with van der Waals surface area (Å²) in [7, 11) is 0. The number of rotatable bonds is 9. The van der Waals surface area contributed by atoms with Crippen LogP contribution in [0.1, 0.15) is 38.7 Å². The number of nitrogens with one attached hydrogen (secondary N) is 1. The highest BCUT2D eigenvalue weighted by Crippen LogP contribution is 2.26. The van der Waals surface area contributed by atoms with Crippen molar-refractivity contribution in [1.29, 1.82) is 0 Å². The molecule has 0 spiro atoms. The van der Waals surface area contributed by atoms with Crippen LogP contribution in [0.3, 0.4) is 0 Å². The molecule has 0 saturated carbocycles. The highest BCUT2D eigenvalue weighted by Gasteiger charge is 2.29. The summed E-state index contributed by atoms with van der Waals surface area (Å²) < 4.78 is 0. The molecule has 1 heterocycles. The first kappa shape index (κ1) is 29.1. The maximum atomic E-state index is 9.77. The Morgan fingerprint density at radius 1 is 1.18 bits per heavy atom. The zero-order valence-corrected chi connectivity index (χ0v) is 20.2. The van der Waals surface area contributed by atoms with Crippen molar-refractivity contribution < 1.29 is 30.0 Å². The molecular formula is C22H31Cl2N3O6. The van der Waals surface area contributed by atoms with Gasteiger partial charge in [-0.2, -0.15) is 0 Å². The Morgan fingerprint density at radius 3 is 2.18 bits per heavy atom. The van der Waals surface area contributed by atoms with Crippen molar-refractivity contribution in [3.05, 3.63) is 45.2 Å². The van der Waals surface area contributed by atoms with Crippen LogP contribution in [0.4, 0.5) is 0 Å². The maximum absolute atomic E-state index is 9.77. The minimum atomic E-state index is -2.27. The molecule has 9 nitrogen and oxygen atoms in total. The van der Waals surface area contributed by atoms with Crippen LogP contribution in [-0.4, -0.2) is 80.7 Å². The number of nitrogens with zero attached hydrogens (tertiary/aromatic N) is 2. The van der Waals surface area contributed by atoms with Gasteiger partial charge in [-0.05, 0) is 43.6 Å². The fourth-order valence-corrected chi connectivity index (χ4v) is 3.64. The van der Waals surface area contributed by atoms with Crippen LogP contribution in [0.25, 0.3) is 4.85 Å². The summed E-state index contributed by atoms with van der Waals surface area (Å²) in [5.41, 5.74) is 0.796. The van der Waals surface area contributed by atoms with Gasteiger partial charge in [-0.25, -0.2) is 16.2 Å². The first-order valence-electron chi connectivity index (χ1n) is 10.5. The highest BCUT2D eigenvalue weighted by molar-refractivity contribution is 6.35. The van der Waals surface area contributed by atoms with E-state index in [1.54, 1.807) is 0 Å². The number of aliphatic carboxylic acids is 2. The quantitative estimate of drug-likeness (QED) is 0.324. The van der Waals surface area contributed by atoms with Gasteiger partial charge in [0.15, 0.2) is 12.2 Å². The van der Waals surface area contributed by atoms with Gasteiger partial charge in [0.1, 0.15) is 0 Å². The summed E-state index contributed by atoms with van der Waals surface area (Å²) in [5.74, 6) is -3.54. The minimum absolute atomic E-state index is 0.311. The summed E-state index contributed by atoms with van der Waals surface area (Å²) >= 11 is 12.4. The Labute approximate surface area is 203 Å². The van der Waals surface area contributed by atoms with Crippen LogP contribution in [0.2, 0.25) is 10.0 Å². The van der Waals surface area contributed by atoms with Crippen molar-refractivity contribution in [2.24, 2.45) is 0 Å². The lowest BCUT2D eigenvalue weighted by Gasteiger charge is -2.35. The number of carboxylic acid groups (broad SMARTS) is 2. The van der Waals surface area contributed by atoms with Crippen LogP contribution in [0, 0.1) is 6.57 Å². The molecular weight excluding hydrogens is 473 g/mol. The third-order valence-electron chi connectivity index (χ3n) is 5.33. The second-order valence-corrected chi connectivity index (χ2v) is 9.27. The number of hydrogen-bond acceptors (Lipinski definition) is 6. The summed E-state index contributed by atoms with van der Waals surface area (Å²) in [6.07, 6.45) is -1.38. The van der Waals surface area contributed by atoms with Crippen molar-refractivity contribution in [2.45, 2.75) is 63.4 Å². The Bertz CT molecular complexity index is 822. The van der Waals surface area contributed by atoms with Gasteiger partial charge in [0.2, 0.25) is 5.54 Å². The Morgan fingerprint density at radius 2 is 1.73 bits per heavy atom. The van der Waals surface area contributed by atoms with E-state index in [4.69, 9.17) is 50.2 Å². The molecule has 0 aromatic heterocycles. The van der Waals surface area contributed by atoms with Crippen LogP contribution >= 0.6 is 23.2 Å². The number of aliphatic hydroxyl groups excluding tert-OH is 2. The molecule has 2 rings (SSSR count). The lowest BCUT2D eigenvalue weighted by molar-refractivity contribution is -0.165. The second kappa shape index (κ2) is 13.7. The van der Waals surface area contributed by atoms with Gasteiger partial charge in [0.25, 0.3) is 0 Å². The lowest BCUT2D eigenvalue weighted by atomic mass is 9.98. The summed E-state index contributed by atoms with van der Waals surface area (Å²) in [4.78, 5) is 25.8. The van der Waals surface area contributed by atoms with E-state index in [9.17, 15) is 9.59 Å². The fraction of sp³-hybridized carbons (Fsp3) is 0.591. The van der Waals surface area contributed by atoms with Crippen molar-refractivity contribution in [3.8, 4) is 0 Å². The van der Waals surface area contributed by atoms with Crippen LogP contribution in [0.5, 0.6) is 0 Å². The van der Waals surface area contributed by atoms with Crippen LogP contribution in [0.15, 0.2) is 18.2 Å². The first-order chi connectivity index (χ1) is 15.4. The SMILES string of the molecule is O=C(O)[C@H](O)[C@@H](O)C(=O)O.[C-]#[N+]C(C)(C)CCN(Cc1ccc(Cl)cc1Cl)C1CCNCC1. The number of carboxylic acids is 2. The standard InChI is InChI=1S/C18H25Cl2N3.C4H6O6/c1-18(2,21-3)8-11-23(16-6-9-22-10-7-16)13-14-4-5-15(19)12-17(14)20;5-1(3(7)8)2(6)4(9)10/h4-5,12,16,22H,6-11,13H2,1-2H3;1-2,5-6H,(H,7,8)(H,9,10)/t;1-,2-/m.1/s1. The molecule has 0 aliphatic carbocycles. The Hall–Kier alpha value is -1.93. The monoisotopic (exact) mass is 503 g/mol. The molecule has 1 aromatic rings. The van der Waals surface area contributed by atoms with Gasteiger partial charge in [0.05, 0.1) is 0 Å². The third-order valence-corrected chi connectivity index (χ3v) is 5.92. The number of halogens is 2. The van der Waals surface area contributed by atoms with Crippen molar-refractivity contribution in [2.75, 3.05) is 19.6 Å². The van der Waals surface area contributed by atoms with Gasteiger partial charge in [-0.3, -0.25) is 4.90 Å². The smallest absolute Gasteiger partial charge is 0.335 e. The highest BCUT2D eigenvalue weighted by atomic mass is 35.5. The fourth-order valence-electron chi connectivity index (χ4n) is 3.17. The van der Waals surface area contributed by atoms with Crippen molar-refractivity contribution in [1.82, 2.24) is 10.2 Å². The van der Waals surface area contributed by atoms with Gasteiger partial charge < -0.3 is 30.6 Å². The van der Waals surface area contributed by atoms with Crippen LogP contribution in [-0.2, 0) is 16.1 Å². The zero-order valence-electron chi connectivity index (χ0n) is 18.7. The molecule has 11 heteroatoms. The number of benzene rings is 1. The third kappa shape index (κ3) is 10.3. The molecule has 33 heavy (non-hydrogen) atoms. The molecule has 1 fully saturated rings. The molecule has 1 aliphatic heterocycles. The van der Waals surface area contributed by atoms with E-state index < -0.39 is 24.1 Å². The number of carbonyl (C=O) groups is 2. The topological polar surface area (TPSA) is 135 Å².